The fraction of sp³-hybridized carbons (Fsp3) is 0.182. The molecule has 1 aromatic carbocycles. The molecule has 3 N–H and O–H groups in total. The summed E-state index contributed by atoms with van der Waals surface area (Å²) in [4.78, 5) is 13.0. The van der Waals surface area contributed by atoms with Gasteiger partial charge in [-0.1, -0.05) is 0 Å². The zero-order valence-corrected chi connectivity index (χ0v) is 10.7. The third-order valence-corrected chi connectivity index (χ3v) is 2.28. The molecule has 0 amide bonds. The minimum atomic E-state index is -1.10. The predicted octanol–water partition coefficient (Wildman–Crippen LogP) is 1.68. The van der Waals surface area contributed by atoms with E-state index in [-0.39, 0.29) is 17.8 Å². The number of rotatable bonds is 3. The second kappa shape index (κ2) is 5.19. The molecule has 9 heteroatoms. The van der Waals surface area contributed by atoms with Gasteiger partial charge in [0.2, 0.25) is 17.8 Å². The van der Waals surface area contributed by atoms with Crippen LogP contribution in [-0.4, -0.2) is 29.0 Å². The molecule has 0 aliphatic carbocycles. The predicted molar refractivity (Wildman–Crippen MR) is 68.2 cm³/mol. The number of benzene rings is 1. The molecule has 0 radical (unpaired) electrons. The van der Waals surface area contributed by atoms with Gasteiger partial charge in [-0.05, 0) is 0 Å². The number of nitrogens with one attached hydrogen (secondary N) is 1. The molecule has 6 nitrogen and oxygen atoms in total. The third-order valence-electron chi connectivity index (χ3n) is 2.28. The van der Waals surface area contributed by atoms with Gasteiger partial charge in [0.25, 0.3) is 0 Å². The maximum absolute atomic E-state index is 13.5. The van der Waals surface area contributed by atoms with Crippen LogP contribution in [0.25, 0.3) is 0 Å². The molecule has 0 spiro atoms. The van der Waals surface area contributed by atoms with Gasteiger partial charge in [-0.15, -0.1) is 0 Å². The lowest BCUT2D eigenvalue weighted by Crippen LogP contribution is -2.16. The highest BCUT2D eigenvalue weighted by molar-refractivity contribution is 5.57. The molecule has 20 heavy (non-hydrogen) atoms. The smallest absolute Gasteiger partial charge is 0.233 e. The van der Waals surface area contributed by atoms with Crippen LogP contribution in [0.4, 0.5) is 36.7 Å². The summed E-state index contributed by atoms with van der Waals surface area (Å²) in [5.74, 6) is -3.28. The van der Waals surface area contributed by atoms with E-state index in [1.165, 1.54) is 0 Å². The molecule has 106 valence electrons. The number of nitrogen functional groups attached to an aromatic ring is 1. The Bertz CT molecular complexity index is 623. The van der Waals surface area contributed by atoms with Crippen LogP contribution in [0.3, 0.4) is 0 Å². The van der Waals surface area contributed by atoms with Crippen molar-refractivity contribution in [2.75, 3.05) is 30.0 Å². The first-order valence-corrected chi connectivity index (χ1v) is 5.47. The summed E-state index contributed by atoms with van der Waals surface area (Å²) in [6, 6.07) is 1.09. The first-order valence-electron chi connectivity index (χ1n) is 5.47. The van der Waals surface area contributed by atoms with Crippen LogP contribution in [0.5, 0.6) is 0 Å². The lowest BCUT2D eigenvalue weighted by atomic mass is 10.3. The number of anilines is 4. The second-order valence-corrected chi connectivity index (χ2v) is 4.08. The largest absolute Gasteiger partial charge is 0.368 e. The van der Waals surface area contributed by atoms with E-state index in [4.69, 9.17) is 5.73 Å². The van der Waals surface area contributed by atoms with Crippen molar-refractivity contribution >= 4 is 23.5 Å². The zero-order chi connectivity index (χ0) is 14.9. The molecular weight excluding hydrogens is 273 g/mol. The van der Waals surface area contributed by atoms with E-state index >= 15 is 0 Å². The van der Waals surface area contributed by atoms with Gasteiger partial charge in [-0.3, -0.25) is 0 Å². The summed E-state index contributed by atoms with van der Waals surface area (Å²) in [5.41, 5.74) is 4.91. The number of nitrogens with two attached hydrogens (primary N) is 1. The van der Waals surface area contributed by atoms with Crippen LogP contribution in [0.1, 0.15) is 0 Å². The average molecular weight is 284 g/mol. The summed E-state index contributed by atoms with van der Waals surface area (Å²) >= 11 is 0. The number of nitrogens with zero attached hydrogens (tertiary/aromatic N) is 4. The van der Waals surface area contributed by atoms with E-state index in [2.05, 4.69) is 20.3 Å². The van der Waals surface area contributed by atoms with Crippen molar-refractivity contribution in [3.8, 4) is 0 Å². The summed E-state index contributed by atoms with van der Waals surface area (Å²) in [7, 11) is 3.33. The van der Waals surface area contributed by atoms with Gasteiger partial charge in [0.05, 0.1) is 0 Å². The SMILES string of the molecule is CN(C)c1nc(N)nc(Nc2c(F)cc(F)cc2F)n1. The molecule has 0 saturated heterocycles. The Labute approximate surface area is 112 Å². The summed E-state index contributed by atoms with van der Waals surface area (Å²) in [5, 5.41) is 2.32. The minimum absolute atomic E-state index is 0.117. The fourth-order valence-electron chi connectivity index (χ4n) is 1.41. The summed E-state index contributed by atoms with van der Waals surface area (Å²) in [6.07, 6.45) is 0. The molecule has 0 bridgehead atoms. The molecule has 0 aliphatic rings. The van der Waals surface area contributed by atoms with E-state index < -0.39 is 23.1 Å². The average Bonchev–Trinajstić information content (AvgIpc) is 2.33. The number of hydrogen-bond donors (Lipinski definition) is 2. The quantitative estimate of drug-likeness (QED) is 0.892. The van der Waals surface area contributed by atoms with Gasteiger partial charge in [0.1, 0.15) is 11.5 Å². The van der Waals surface area contributed by atoms with Gasteiger partial charge in [-0.2, -0.15) is 15.0 Å². The van der Waals surface area contributed by atoms with Crippen molar-refractivity contribution in [3.05, 3.63) is 29.6 Å². The Morgan fingerprint density at radius 3 is 2.20 bits per heavy atom. The summed E-state index contributed by atoms with van der Waals surface area (Å²) in [6.45, 7) is 0. The lowest BCUT2D eigenvalue weighted by Gasteiger charge is -2.12. The second-order valence-electron chi connectivity index (χ2n) is 4.08. The topological polar surface area (TPSA) is 80.0 Å². The van der Waals surface area contributed by atoms with Crippen LogP contribution < -0.4 is 16.0 Å². The normalized spacial score (nSPS) is 10.4. The third kappa shape index (κ3) is 2.87. The maximum Gasteiger partial charge on any atom is 0.233 e. The van der Waals surface area contributed by atoms with Crippen molar-refractivity contribution in [1.82, 2.24) is 15.0 Å². The monoisotopic (exact) mass is 284 g/mol. The van der Waals surface area contributed by atoms with Crippen LogP contribution >= 0.6 is 0 Å². The Hall–Kier alpha value is -2.58. The van der Waals surface area contributed by atoms with E-state index in [0.717, 1.165) is 0 Å². The lowest BCUT2D eigenvalue weighted by molar-refractivity contribution is 0.548. The first-order chi connectivity index (χ1) is 9.36. The molecule has 0 atom stereocenters. The maximum atomic E-state index is 13.5. The minimum Gasteiger partial charge on any atom is -0.368 e. The molecule has 1 aromatic heterocycles. The standard InChI is InChI=1S/C11H11F3N6/c1-20(2)11-18-9(15)17-10(19-11)16-8-6(13)3-5(12)4-7(8)14/h3-4H,1-2H3,(H3,15,16,17,18,19). The van der Waals surface area contributed by atoms with E-state index in [1.54, 1.807) is 19.0 Å². The molecule has 0 saturated carbocycles. The van der Waals surface area contributed by atoms with Gasteiger partial charge < -0.3 is 16.0 Å². The highest BCUT2D eigenvalue weighted by atomic mass is 19.1. The van der Waals surface area contributed by atoms with Gasteiger partial charge >= 0.3 is 0 Å². The Morgan fingerprint density at radius 1 is 1.05 bits per heavy atom. The number of aromatic nitrogens is 3. The Morgan fingerprint density at radius 2 is 1.65 bits per heavy atom. The van der Waals surface area contributed by atoms with Gasteiger partial charge in [0.15, 0.2) is 11.6 Å². The molecule has 0 unspecified atom stereocenters. The molecule has 0 fully saturated rings. The number of halogens is 3. The zero-order valence-electron chi connectivity index (χ0n) is 10.7. The number of hydrogen-bond acceptors (Lipinski definition) is 6. The molecule has 2 aromatic rings. The van der Waals surface area contributed by atoms with Crippen LogP contribution in [0, 0.1) is 17.5 Å². The summed E-state index contributed by atoms with van der Waals surface area (Å²) < 4.78 is 39.8. The molecular formula is C11H11F3N6. The molecule has 1 heterocycles. The van der Waals surface area contributed by atoms with Crippen molar-refractivity contribution in [1.29, 1.82) is 0 Å². The van der Waals surface area contributed by atoms with Gasteiger partial charge in [0, 0.05) is 26.2 Å². The van der Waals surface area contributed by atoms with Crippen LogP contribution in [0.2, 0.25) is 0 Å². The van der Waals surface area contributed by atoms with Crippen molar-refractivity contribution in [3.63, 3.8) is 0 Å². The molecule has 0 aliphatic heterocycles. The van der Waals surface area contributed by atoms with E-state index in [1.807, 2.05) is 0 Å². The Balaban J connectivity index is 2.40. The highest BCUT2D eigenvalue weighted by Gasteiger charge is 2.14. The van der Waals surface area contributed by atoms with Crippen LogP contribution in [-0.2, 0) is 0 Å². The molecule has 2 rings (SSSR count). The van der Waals surface area contributed by atoms with Crippen molar-refractivity contribution in [2.45, 2.75) is 0 Å². The Kier molecular flexibility index (Phi) is 3.59. The van der Waals surface area contributed by atoms with Gasteiger partial charge in [-0.25, -0.2) is 13.2 Å². The fourth-order valence-corrected chi connectivity index (χ4v) is 1.41. The first kappa shape index (κ1) is 13.8. The van der Waals surface area contributed by atoms with Crippen molar-refractivity contribution in [2.24, 2.45) is 0 Å². The van der Waals surface area contributed by atoms with E-state index in [9.17, 15) is 13.2 Å². The van der Waals surface area contributed by atoms with Crippen molar-refractivity contribution < 1.29 is 13.2 Å². The van der Waals surface area contributed by atoms with E-state index in [0.29, 0.717) is 12.1 Å². The highest BCUT2D eigenvalue weighted by Crippen LogP contribution is 2.23. The van der Waals surface area contributed by atoms with Crippen LogP contribution in [0.15, 0.2) is 12.1 Å².